The molecule has 0 aliphatic heterocycles. The monoisotopic (exact) mass is 295 g/mol. The van der Waals surface area contributed by atoms with Gasteiger partial charge in [-0.15, -0.1) is 0 Å². The summed E-state index contributed by atoms with van der Waals surface area (Å²) in [5, 5.41) is 10.2. The lowest BCUT2D eigenvalue weighted by Crippen LogP contribution is -2.03. The van der Waals surface area contributed by atoms with Gasteiger partial charge < -0.3 is 5.11 Å². The normalized spacial score (nSPS) is 16.9. The second-order valence-electron chi connectivity index (χ2n) is 6.41. The maximum Gasteiger partial charge on any atom is 0.0966 e. The van der Waals surface area contributed by atoms with E-state index in [1.165, 1.54) is 33.4 Å². The van der Waals surface area contributed by atoms with Gasteiger partial charge in [0.25, 0.3) is 0 Å². The minimum absolute atomic E-state index is 0.394. The molecule has 0 fully saturated rings. The number of aliphatic hydroxyl groups excluding tert-OH is 1. The number of aliphatic hydroxyl groups is 1. The molecule has 0 bridgehead atoms. The Hall–Kier alpha value is -1.67. The number of aromatic nitrogens is 1. The molecule has 0 radical (unpaired) electrons. The Kier molecular flexibility index (Phi) is 4.05. The summed E-state index contributed by atoms with van der Waals surface area (Å²) in [4.78, 5) is 4.86. The Bertz CT molecular complexity index is 693. The topological polar surface area (TPSA) is 33.1 Å². The second kappa shape index (κ2) is 5.85. The molecule has 1 unspecified atom stereocenters. The van der Waals surface area contributed by atoms with Crippen LogP contribution in [-0.4, -0.2) is 10.1 Å². The number of hydrogen-bond acceptors (Lipinski definition) is 2. The first-order valence-corrected chi connectivity index (χ1v) is 8.36. The van der Waals surface area contributed by atoms with Crippen LogP contribution < -0.4 is 0 Å². The van der Waals surface area contributed by atoms with Crippen LogP contribution in [0.3, 0.4) is 0 Å². The summed E-state index contributed by atoms with van der Waals surface area (Å²) >= 11 is 0. The highest BCUT2D eigenvalue weighted by atomic mass is 16.3. The predicted octanol–water partition coefficient (Wildman–Crippen LogP) is 4.47. The average molecular weight is 295 g/mol. The third-order valence-corrected chi connectivity index (χ3v) is 4.83. The first-order chi connectivity index (χ1) is 10.5. The fraction of sp³-hybridized carbons (Fsp3) is 0.450. The van der Waals surface area contributed by atoms with E-state index in [9.17, 15) is 5.11 Å². The number of fused-ring (bicyclic) bond motifs is 1. The van der Waals surface area contributed by atoms with E-state index in [0.717, 1.165) is 37.1 Å². The fourth-order valence-electron chi connectivity index (χ4n) is 3.70. The van der Waals surface area contributed by atoms with Gasteiger partial charge in [-0.25, -0.2) is 4.98 Å². The SMILES string of the molecule is CCc1cc(C)cc(CC)c1-c1cc(C)c2c(n1)C(O)CC2. The summed E-state index contributed by atoms with van der Waals surface area (Å²) in [5.41, 5.74) is 9.76. The van der Waals surface area contributed by atoms with Crippen LogP contribution in [0.1, 0.15) is 59.9 Å². The lowest BCUT2D eigenvalue weighted by Gasteiger charge is -2.17. The van der Waals surface area contributed by atoms with Crippen molar-refractivity contribution in [1.82, 2.24) is 4.98 Å². The second-order valence-corrected chi connectivity index (χ2v) is 6.41. The summed E-state index contributed by atoms with van der Waals surface area (Å²) in [5.74, 6) is 0. The van der Waals surface area contributed by atoms with E-state index in [4.69, 9.17) is 4.98 Å². The highest BCUT2D eigenvalue weighted by Gasteiger charge is 2.25. The summed E-state index contributed by atoms with van der Waals surface area (Å²) < 4.78 is 0. The molecule has 116 valence electrons. The molecule has 3 rings (SSSR count). The molecular weight excluding hydrogens is 270 g/mol. The van der Waals surface area contributed by atoms with Crippen molar-refractivity contribution >= 4 is 0 Å². The third kappa shape index (κ3) is 2.46. The molecule has 1 aliphatic carbocycles. The van der Waals surface area contributed by atoms with Crippen LogP contribution in [0.5, 0.6) is 0 Å². The maximum absolute atomic E-state index is 10.2. The Morgan fingerprint density at radius 3 is 2.32 bits per heavy atom. The van der Waals surface area contributed by atoms with Gasteiger partial charge in [0, 0.05) is 5.56 Å². The van der Waals surface area contributed by atoms with Gasteiger partial charge in [0.15, 0.2) is 0 Å². The van der Waals surface area contributed by atoms with Crippen molar-refractivity contribution in [3.8, 4) is 11.3 Å². The van der Waals surface area contributed by atoms with Gasteiger partial charge in [0.1, 0.15) is 0 Å². The van der Waals surface area contributed by atoms with Crippen LogP contribution in [0, 0.1) is 13.8 Å². The molecule has 2 nitrogen and oxygen atoms in total. The molecule has 0 saturated carbocycles. The zero-order chi connectivity index (χ0) is 15.9. The zero-order valence-corrected chi connectivity index (χ0v) is 14.0. The molecule has 1 N–H and O–H groups in total. The molecule has 0 amide bonds. The number of hydrogen-bond donors (Lipinski definition) is 1. The summed E-state index contributed by atoms with van der Waals surface area (Å²) in [6.45, 7) is 8.71. The van der Waals surface area contributed by atoms with Crippen molar-refractivity contribution in [3.05, 3.63) is 51.7 Å². The van der Waals surface area contributed by atoms with E-state index in [0.29, 0.717) is 0 Å². The van der Waals surface area contributed by atoms with E-state index in [1.807, 2.05) is 0 Å². The van der Waals surface area contributed by atoms with E-state index in [1.54, 1.807) is 0 Å². The van der Waals surface area contributed by atoms with E-state index in [2.05, 4.69) is 45.9 Å². The van der Waals surface area contributed by atoms with E-state index < -0.39 is 6.10 Å². The van der Waals surface area contributed by atoms with Gasteiger partial charge in [0.2, 0.25) is 0 Å². The molecular formula is C20H25NO. The Morgan fingerprint density at radius 1 is 1.09 bits per heavy atom. The number of nitrogens with zero attached hydrogens (tertiary/aromatic N) is 1. The van der Waals surface area contributed by atoms with Gasteiger partial charge in [-0.1, -0.05) is 31.5 Å². The molecule has 1 heterocycles. The lowest BCUT2D eigenvalue weighted by molar-refractivity contribution is 0.176. The summed E-state index contributed by atoms with van der Waals surface area (Å²) in [6.07, 6.45) is 3.37. The molecule has 1 aliphatic rings. The van der Waals surface area contributed by atoms with Crippen molar-refractivity contribution in [2.24, 2.45) is 0 Å². The molecule has 0 spiro atoms. The highest BCUT2D eigenvalue weighted by molar-refractivity contribution is 5.70. The molecule has 22 heavy (non-hydrogen) atoms. The zero-order valence-electron chi connectivity index (χ0n) is 14.0. The van der Waals surface area contributed by atoms with Gasteiger partial charge >= 0.3 is 0 Å². The largest absolute Gasteiger partial charge is 0.387 e. The first-order valence-electron chi connectivity index (χ1n) is 8.36. The number of aryl methyl sites for hydroxylation is 4. The van der Waals surface area contributed by atoms with Crippen molar-refractivity contribution in [3.63, 3.8) is 0 Å². The van der Waals surface area contributed by atoms with Gasteiger partial charge in [-0.05, 0) is 67.9 Å². The van der Waals surface area contributed by atoms with Gasteiger partial charge in [0.05, 0.1) is 17.5 Å². The highest BCUT2D eigenvalue weighted by Crippen LogP contribution is 2.36. The molecule has 0 saturated heterocycles. The summed E-state index contributed by atoms with van der Waals surface area (Å²) in [6, 6.07) is 6.75. The third-order valence-electron chi connectivity index (χ3n) is 4.83. The summed E-state index contributed by atoms with van der Waals surface area (Å²) in [7, 11) is 0. The van der Waals surface area contributed by atoms with Crippen LogP contribution in [0.2, 0.25) is 0 Å². The minimum atomic E-state index is -0.394. The molecule has 2 aromatic rings. The Morgan fingerprint density at radius 2 is 1.73 bits per heavy atom. The average Bonchev–Trinajstić information content (AvgIpc) is 2.88. The van der Waals surface area contributed by atoms with Crippen LogP contribution in [0.15, 0.2) is 18.2 Å². The molecule has 2 heteroatoms. The quantitative estimate of drug-likeness (QED) is 0.906. The first kappa shape index (κ1) is 15.2. The van der Waals surface area contributed by atoms with Crippen LogP contribution in [0.25, 0.3) is 11.3 Å². The van der Waals surface area contributed by atoms with Crippen molar-refractivity contribution in [2.75, 3.05) is 0 Å². The fourth-order valence-corrected chi connectivity index (χ4v) is 3.70. The minimum Gasteiger partial charge on any atom is -0.387 e. The Balaban J connectivity index is 2.24. The van der Waals surface area contributed by atoms with Crippen LogP contribution >= 0.6 is 0 Å². The molecule has 1 aromatic heterocycles. The standard InChI is InChI=1S/C20H25NO/c1-5-14-9-12(3)10-15(6-2)19(14)17-11-13(4)16-7-8-18(22)20(16)21-17/h9-11,18,22H,5-8H2,1-4H3. The van der Waals surface area contributed by atoms with Gasteiger partial charge in [-0.3, -0.25) is 0 Å². The maximum atomic E-state index is 10.2. The number of benzene rings is 1. The molecule has 1 atom stereocenters. The van der Waals surface area contributed by atoms with E-state index >= 15 is 0 Å². The molecule has 1 aromatic carbocycles. The smallest absolute Gasteiger partial charge is 0.0966 e. The Labute approximate surface area is 133 Å². The van der Waals surface area contributed by atoms with Crippen molar-refractivity contribution < 1.29 is 5.11 Å². The predicted molar refractivity (Wildman–Crippen MR) is 91.2 cm³/mol. The number of rotatable bonds is 3. The van der Waals surface area contributed by atoms with Crippen molar-refractivity contribution in [2.45, 2.75) is 59.5 Å². The van der Waals surface area contributed by atoms with E-state index in [-0.39, 0.29) is 0 Å². The van der Waals surface area contributed by atoms with Crippen LogP contribution in [-0.2, 0) is 19.3 Å². The lowest BCUT2D eigenvalue weighted by atomic mass is 9.91. The van der Waals surface area contributed by atoms with Gasteiger partial charge in [-0.2, -0.15) is 0 Å². The van der Waals surface area contributed by atoms with Crippen molar-refractivity contribution in [1.29, 1.82) is 0 Å². The van der Waals surface area contributed by atoms with Crippen LogP contribution in [0.4, 0.5) is 0 Å². The number of pyridine rings is 1.